The molecule has 4 rings (SSSR count). The van der Waals surface area contributed by atoms with E-state index in [9.17, 15) is 4.79 Å². The lowest BCUT2D eigenvalue weighted by atomic mass is 9.95. The number of hydrogen-bond acceptors (Lipinski definition) is 2. The number of carbonyl (C=O) groups is 1. The van der Waals surface area contributed by atoms with Crippen molar-refractivity contribution in [3.63, 3.8) is 0 Å². The van der Waals surface area contributed by atoms with Crippen LogP contribution in [0.1, 0.15) is 34.0 Å². The molecular formula is C18H13ClO2. The molecule has 1 aliphatic carbocycles. The summed E-state index contributed by atoms with van der Waals surface area (Å²) < 4.78 is 5.71. The van der Waals surface area contributed by atoms with Gasteiger partial charge in [0.05, 0.1) is 10.9 Å². The quantitative estimate of drug-likeness (QED) is 0.623. The Morgan fingerprint density at radius 3 is 2.86 bits per heavy atom. The summed E-state index contributed by atoms with van der Waals surface area (Å²) in [7, 11) is 0. The number of Topliss-reactive ketones (excluding diaryl/α,β-unsaturated/α-hetero) is 1. The van der Waals surface area contributed by atoms with E-state index in [1.54, 1.807) is 12.1 Å². The largest absolute Gasteiger partial charge is 0.451 e. The van der Waals surface area contributed by atoms with E-state index in [2.05, 4.69) is 6.07 Å². The van der Waals surface area contributed by atoms with E-state index < -0.39 is 0 Å². The lowest BCUT2D eigenvalue weighted by Crippen LogP contribution is -2.09. The molecule has 0 fully saturated rings. The molecule has 0 saturated heterocycles. The normalized spacial score (nSPS) is 17.1. The molecule has 1 atom stereocenters. The smallest absolute Gasteiger partial charge is 0.205 e. The first kappa shape index (κ1) is 12.7. The van der Waals surface area contributed by atoms with Crippen LogP contribution in [0.5, 0.6) is 0 Å². The van der Waals surface area contributed by atoms with Crippen molar-refractivity contribution in [2.45, 2.75) is 18.8 Å². The van der Waals surface area contributed by atoms with Crippen LogP contribution in [0.25, 0.3) is 11.0 Å². The van der Waals surface area contributed by atoms with Crippen molar-refractivity contribution in [1.82, 2.24) is 0 Å². The van der Waals surface area contributed by atoms with Crippen LogP contribution in [0.4, 0.5) is 0 Å². The molecule has 0 saturated carbocycles. The average molecular weight is 297 g/mol. The maximum Gasteiger partial charge on any atom is 0.205 e. The highest BCUT2D eigenvalue weighted by Crippen LogP contribution is 2.37. The van der Waals surface area contributed by atoms with Crippen molar-refractivity contribution in [2.24, 2.45) is 0 Å². The number of benzene rings is 2. The van der Waals surface area contributed by atoms with Gasteiger partial charge in [0, 0.05) is 5.39 Å². The molecule has 0 spiro atoms. The summed E-state index contributed by atoms with van der Waals surface area (Å²) in [5, 5.41) is 1.41. The lowest BCUT2D eigenvalue weighted by molar-refractivity contribution is 0.0934. The molecule has 1 aromatic heterocycles. The van der Waals surface area contributed by atoms with Crippen molar-refractivity contribution in [1.29, 1.82) is 0 Å². The fourth-order valence-corrected chi connectivity index (χ4v) is 3.37. The Balaban J connectivity index is 1.76. The van der Waals surface area contributed by atoms with Gasteiger partial charge in [0.15, 0.2) is 11.3 Å². The number of aryl methyl sites for hydroxylation is 1. The number of furan rings is 1. The van der Waals surface area contributed by atoms with Gasteiger partial charge in [-0.25, -0.2) is 0 Å². The highest BCUT2D eigenvalue weighted by atomic mass is 35.5. The Morgan fingerprint density at radius 2 is 2.00 bits per heavy atom. The van der Waals surface area contributed by atoms with Crippen molar-refractivity contribution in [3.8, 4) is 0 Å². The fourth-order valence-electron chi connectivity index (χ4n) is 3.15. The van der Waals surface area contributed by atoms with Crippen LogP contribution in [0.15, 0.2) is 52.9 Å². The molecule has 0 amide bonds. The van der Waals surface area contributed by atoms with Crippen LogP contribution in [-0.2, 0) is 6.42 Å². The van der Waals surface area contributed by atoms with Crippen LogP contribution < -0.4 is 0 Å². The monoisotopic (exact) mass is 296 g/mol. The first-order valence-electron chi connectivity index (χ1n) is 7.04. The second-order valence-corrected chi connectivity index (χ2v) is 5.83. The lowest BCUT2D eigenvalue weighted by Gasteiger charge is -2.07. The molecule has 0 bridgehead atoms. The van der Waals surface area contributed by atoms with Crippen molar-refractivity contribution < 1.29 is 9.21 Å². The zero-order valence-corrected chi connectivity index (χ0v) is 12.1. The topological polar surface area (TPSA) is 30.2 Å². The average Bonchev–Trinajstić information content (AvgIpc) is 3.11. The van der Waals surface area contributed by atoms with E-state index in [0.29, 0.717) is 16.4 Å². The summed E-state index contributed by atoms with van der Waals surface area (Å²) in [5.41, 5.74) is 2.99. The van der Waals surface area contributed by atoms with Gasteiger partial charge < -0.3 is 4.42 Å². The fraction of sp³-hybridized carbons (Fsp3) is 0.167. The van der Waals surface area contributed by atoms with Gasteiger partial charge in [-0.05, 0) is 36.1 Å². The summed E-state index contributed by atoms with van der Waals surface area (Å²) in [4.78, 5) is 12.8. The van der Waals surface area contributed by atoms with Gasteiger partial charge in [0.2, 0.25) is 5.78 Å². The zero-order valence-electron chi connectivity index (χ0n) is 11.3. The molecule has 21 heavy (non-hydrogen) atoms. The number of rotatable bonds is 2. The molecule has 104 valence electrons. The Labute approximate surface area is 127 Å². The first-order chi connectivity index (χ1) is 10.2. The van der Waals surface area contributed by atoms with E-state index in [4.69, 9.17) is 16.0 Å². The molecule has 0 radical (unpaired) electrons. The predicted octanol–water partition coefficient (Wildman–Crippen LogP) is 5.00. The van der Waals surface area contributed by atoms with Crippen LogP contribution >= 0.6 is 11.6 Å². The SMILES string of the molecule is O=C(c1cc2cccc(Cl)c2o1)C1CCc2ccccc21. The van der Waals surface area contributed by atoms with Crippen LogP contribution in [0.2, 0.25) is 5.02 Å². The molecule has 2 aromatic carbocycles. The van der Waals surface area contributed by atoms with Gasteiger partial charge in [0.1, 0.15) is 0 Å². The minimum atomic E-state index is -0.0967. The van der Waals surface area contributed by atoms with Gasteiger partial charge >= 0.3 is 0 Å². The van der Waals surface area contributed by atoms with Crippen LogP contribution in [0, 0.1) is 0 Å². The third-order valence-corrected chi connectivity index (χ3v) is 4.49. The first-order valence-corrected chi connectivity index (χ1v) is 7.42. The van der Waals surface area contributed by atoms with Gasteiger partial charge in [-0.3, -0.25) is 4.79 Å². The summed E-state index contributed by atoms with van der Waals surface area (Å²) in [5.74, 6) is 0.354. The second-order valence-electron chi connectivity index (χ2n) is 5.42. The van der Waals surface area contributed by atoms with E-state index >= 15 is 0 Å². The van der Waals surface area contributed by atoms with Gasteiger partial charge in [-0.1, -0.05) is 48.0 Å². The maximum atomic E-state index is 12.8. The van der Waals surface area contributed by atoms with Crippen molar-refractivity contribution in [2.75, 3.05) is 0 Å². The number of fused-ring (bicyclic) bond motifs is 2. The summed E-state index contributed by atoms with van der Waals surface area (Å²) in [6, 6.07) is 15.5. The maximum absolute atomic E-state index is 12.8. The summed E-state index contributed by atoms with van der Waals surface area (Å²) in [6.45, 7) is 0. The number of hydrogen-bond donors (Lipinski definition) is 0. The molecule has 2 nitrogen and oxygen atoms in total. The van der Waals surface area contributed by atoms with Crippen LogP contribution in [0.3, 0.4) is 0 Å². The van der Waals surface area contributed by atoms with Crippen LogP contribution in [-0.4, -0.2) is 5.78 Å². The highest BCUT2D eigenvalue weighted by molar-refractivity contribution is 6.34. The van der Waals surface area contributed by atoms with E-state index in [-0.39, 0.29) is 11.7 Å². The number of halogens is 1. The highest BCUT2D eigenvalue weighted by Gasteiger charge is 2.30. The Hall–Kier alpha value is -2.06. The predicted molar refractivity (Wildman–Crippen MR) is 83.1 cm³/mol. The van der Waals surface area contributed by atoms with E-state index in [1.165, 1.54) is 5.56 Å². The van der Waals surface area contributed by atoms with Crippen molar-refractivity contribution in [3.05, 3.63) is 70.4 Å². The molecule has 3 aromatic rings. The third kappa shape index (κ3) is 1.98. The van der Waals surface area contributed by atoms with E-state index in [0.717, 1.165) is 23.8 Å². The Morgan fingerprint density at radius 1 is 1.14 bits per heavy atom. The minimum absolute atomic E-state index is 0.0483. The minimum Gasteiger partial charge on any atom is -0.451 e. The molecule has 1 heterocycles. The molecule has 0 N–H and O–H groups in total. The molecule has 1 unspecified atom stereocenters. The number of para-hydroxylation sites is 1. The molecule has 1 aliphatic rings. The second kappa shape index (κ2) is 4.74. The molecule has 3 heteroatoms. The summed E-state index contributed by atoms with van der Waals surface area (Å²) in [6.07, 6.45) is 1.80. The van der Waals surface area contributed by atoms with E-state index in [1.807, 2.05) is 30.3 Å². The number of ketones is 1. The standard InChI is InChI=1S/C18H13ClO2/c19-15-7-3-5-12-10-16(21-18(12)15)17(20)14-9-8-11-4-1-2-6-13(11)14/h1-7,10,14H,8-9H2. The Kier molecular flexibility index (Phi) is 2.86. The summed E-state index contributed by atoms with van der Waals surface area (Å²) >= 11 is 6.11. The third-order valence-electron chi connectivity index (χ3n) is 4.19. The Bertz CT molecular complexity index is 847. The van der Waals surface area contributed by atoms with Gasteiger partial charge in [0.25, 0.3) is 0 Å². The number of carbonyl (C=O) groups excluding carboxylic acids is 1. The molecular weight excluding hydrogens is 284 g/mol. The molecule has 0 aliphatic heterocycles. The zero-order chi connectivity index (χ0) is 14.4. The van der Waals surface area contributed by atoms with Crippen molar-refractivity contribution >= 4 is 28.4 Å². The van der Waals surface area contributed by atoms with Gasteiger partial charge in [-0.15, -0.1) is 0 Å². The van der Waals surface area contributed by atoms with Gasteiger partial charge in [-0.2, -0.15) is 0 Å².